The molecule has 208 valence electrons. The standard InChI is InChI=1S/C34H24O8/c35-29(36)27-28(30(37)38)34(32(41)42,26-14-6-12-22-20-10-4-2-8-18(20)16-24(22)26)33(27,31(39)40)25-13-5-11-21-19-9-3-1-7-17(19)15-23(21)25/h1-14,27-28H,15-16H2,(H,35,36)(H,37,38)(H,39,40)(H,41,42). The van der Waals surface area contributed by atoms with Crippen LogP contribution >= 0.6 is 0 Å². The summed E-state index contributed by atoms with van der Waals surface area (Å²) in [5, 5.41) is 43.3. The molecule has 0 aromatic heterocycles. The SMILES string of the molecule is O=C(O)C1C(C(=O)O)C(C(=O)O)(c2cccc3c2Cc2ccccc2-3)C1(C(=O)O)c1cccc2c1Cc1ccccc1-2. The fourth-order valence-electron chi connectivity index (χ4n) is 8.20. The third kappa shape index (κ3) is 2.86. The van der Waals surface area contributed by atoms with Crippen LogP contribution in [0.3, 0.4) is 0 Å². The summed E-state index contributed by atoms with van der Waals surface area (Å²) in [5.74, 6) is -10.8. The molecule has 3 aliphatic rings. The highest BCUT2D eigenvalue weighted by Gasteiger charge is 2.85. The first-order valence-electron chi connectivity index (χ1n) is 13.5. The number of carbonyl (C=O) groups is 4. The van der Waals surface area contributed by atoms with Gasteiger partial charge in [0.2, 0.25) is 0 Å². The molecule has 0 bridgehead atoms. The Bertz CT molecular complexity index is 1750. The summed E-state index contributed by atoms with van der Waals surface area (Å²) in [5.41, 5.74) is 0.574. The Labute approximate surface area is 239 Å². The van der Waals surface area contributed by atoms with Crippen molar-refractivity contribution in [2.45, 2.75) is 23.7 Å². The molecule has 42 heavy (non-hydrogen) atoms. The maximum absolute atomic E-state index is 13.8. The monoisotopic (exact) mass is 560 g/mol. The molecule has 0 spiro atoms. The van der Waals surface area contributed by atoms with Gasteiger partial charge in [-0.15, -0.1) is 0 Å². The Kier molecular flexibility index (Phi) is 5.28. The van der Waals surface area contributed by atoms with Crippen LogP contribution in [0, 0.1) is 11.8 Å². The number of hydrogen-bond donors (Lipinski definition) is 4. The molecular formula is C34H24O8. The molecule has 0 radical (unpaired) electrons. The lowest BCUT2D eigenvalue weighted by atomic mass is 9.33. The number of benzene rings is 4. The van der Waals surface area contributed by atoms with E-state index >= 15 is 0 Å². The zero-order valence-corrected chi connectivity index (χ0v) is 22.1. The van der Waals surface area contributed by atoms with Crippen LogP contribution in [0.15, 0.2) is 84.9 Å². The molecule has 4 aromatic rings. The second-order valence-electron chi connectivity index (χ2n) is 11.2. The largest absolute Gasteiger partial charge is 0.481 e. The number of carboxylic acid groups (broad SMARTS) is 4. The van der Waals surface area contributed by atoms with Gasteiger partial charge in [-0.05, 0) is 68.5 Å². The van der Waals surface area contributed by atoms with Crippen molar-refractivity contribution >= 4 is 23.9 Å². The van der Waals surface area contributed by atoms with Gasteiger partial charge in [0.1, 0.15) is 10.8 Å². The van der Waals surface area contributed by atoms with Crippen molar-refractivity contribution in [1.29, 1.82) is 0 Å². The molecule has 0 saturated heterocycles. The molecule has 4 unspecified atom stereocenters. The van der Waals surface area contributed by atoms with Crippen molar-refractivity contribution in [3.05, 3.63) is 118 Å². The molecule has 4 atom stereocenters. The van der Waals surface area contributed by atoms with E-state index in [0.717, 1.165) is 22.3 Å². The van der Waals surface area contributed by atoms with Crippen LogP contribution in [0.25, 0.3) is 22.3 Å². The van der Waals surface area contributed by atoms with E-state index in [1.54, 1.807) is 24.3 Å². The summed E-state index contributed by atoms with van der Waals surface area (Å²) in [4.78, 5) is 53.4. The minimum atomic E-state index is -2.63. The first kappa shape index (κ1) is 25.7. The first-order valence-corrected chi connectivity index (χ1v) is 13.5. The molecule has 4 N–H and O–H groups in total. The second kappa shape index (κ2) is 8.63. The smallest absolute Gasteiger partial charge is 0.316 e. The van der Waals surface area contributed by atoms with Crippen molar-refractivity contribution < 1.29 is 39.6 Å². The Morgan fingerprint density at radius 2 is 0.857 bits per heavy atom. The number of aliphatic carboxylic acids is 4. The molecule has 4 aromatic carbocycles. The highest BCUT2D eigenvalue weighted by molar-refractivity contribution is 6.09. The minimum Gasteiger partial charge on any atom is -0.481 e. The van der Waals surface area contributed by atoms with E-state index in [-0.39, 0.29) is 24.0 Å². The van der Waals surface area contributed by atoms with Crippen molar-refractivity contribution in [1.82, 2.24) is 0 Å². The van der Waals surface area contributed by atoms with E-state index in [1.165, 1.54) is 12.1 Å². The van der Waals surface area contributed by atoms with Crippen LogP contribution in [0.5, 0.6) is 0 Å². The lowest BCUT2D eigenvalue weighted by Crippen LogP contribution is -2.80. The molecule has 1 fully saturated rings. The van der Waals surface area contributed by atoms with Crippen molar-refractivity contribution in [3.63, 3.8) is 0 Å². The Hall–Kier alpha value is -5.24. The van der Waals surface area contributed by atoms with Gasteiger partial charge in [-0.3, -0.25) is 19.2 Å². The molecule has 0 amide bonds. The summed E-state index contributed by atoms with van der Waals surface area (Å²) in [6, 6.07) is 24.6. The molecular weight excluding hydrogens is 536 g/mol. The third-order valence-corrected chi connectivity index (χ3v) is 9.65. The van der Waals surface area contributed by atoms with Gasteiger partial charge in [0.15, 0.2) is 0 Å². The summed E-state index contributed by atoms with van der Waals surface area (Å²) < 4.78 is 0. The first-order chi connectivity index (χ1) is 20.2. The van der Waals surface area contributed by atoms with Gasteiger partial charge in [0, 0.05) is 0 Å². The maximum Gasteiger partial charge on any atom is 0.316 e. The quantitative estimate of drug-likeness (QED) is 0.231. The van der Waals surface area contributed by atoms with Crippen molar-refractivity contribution in [2.75, 3.05) is 0 Å². The molecule has 8 heteroatoms. The zero-order chi connectivity index (χ0) is 29.6. The average Bonchev–Trinajstić information content (AvgIpc) is 3.51. The lowest BCUT2D eigenvalue weighted by Gasteiger charge is -2.62. The highest BCUT2D eigenvalue weighted by Crippen LogP contribution is 2.69. The van der Waals surface area contributed by atoms with Crippen LogP contribution in [0.4, 0.5) is 0 Å². The maximum atomic E-state index is 13.8. The van der Waals surface area contributed by atoms with E-state index < -0.39 is 46.5 Å². The molecule has 0 aliphatic heterocycles. The van der Waals surface area contributed by atoms with Gasteiger partial charge in [-0.2, -0.15) is 0 Å². The average molecular weight is 561 g/mol. The van der Waals surface area contributed by atoms with Crippen LogP contribution < -0.4 is 0 Å². The Morgan fingerprint density at radius 3 is 1.21 bits per heavy atom. The minimum absolute atomic E-state index is 0.0177. The molecule has 1 saturated carbocycles. The van der Waals surface area contributed by atoms with Gasteiger partial charge in [-0.25, -0.2) is 0 Å². The number of fused-ring (bicyclic) bond motifs is 6. The van der Waals surface area contributed by atoms with E-state index in [1.807, 2.05) is 48.5 Å². The van der Waals surface area contributed by atoms with E-state index in [2.05, 4.69) is 0 Å². The van der Waals surface area contributed by atoms with Crippen LogP contribution in [-0.4, -0.2) is 44.3 Å². The predicted octanol–water partition coefficient (Wildman–Crippen LogP) is 4.59. The highest BCUT2D eigenvalue weighted by atomic mass is 16.4. The molecule has 3 aliphatic carbocycles. The normalized spacial score (nSPS) is 24.5. The summed E-state index contributed by atoms with van der Waals surface area (Å²) in [6.07, 6.45) is 0.518. The van der Waals surface area contributed by atoms with Gasteiger partial charge < -0.3 is 20.4 Å². The molecule has 8 nitrogen and oxygen atoms in total. The summed E-state index contributed by atoms with van der Waals surface area (Å²) >= 11 is 0. The Morgan fingerprint density at radius 1 is 0.500 bits per heavy atom. The lowest BCUT2D eigenvalue weighted by molar-refractivity contribution is -0.205. The number of rotatable bonds is 6. The molecule has 0 heterocycles. The fourth-order valence-corrected chi connectivity index (χ4v) is 8.20. The zero-order valence-electron chi connectivity index (χ0n) is 22.1. The fraction of sp³-hybridized carbons (Fsp3) is 0.176. The summed E-state index contributed by atoms with van der Waals surface area (Å²) in [7, 11) is 0. The van der Waals surface area contributed by atoms with Gasteiger partial charge >= 0.3 is 23.9 Å². The number of carboxylic acids is 4. The molecule has 7 rings (SSSR count). The van der Waals surface area contributed by atoms with Gasteiger partial charge in [0.25, 0.3) is 0 Å². The third-order valence-electron chi connectivity index (χ3n) is 9.65. The van der Waals surface area contributed by atoms with E-state index in [9.17, 15) is 39.6 Å². The van der Waals surface area contributed by atoms with E-state index in [4.69, 9.17) is 0 Å². The summed E-state index contributed by atoms with van der Waals surface area (Å²) in [6.45, 7) is 0. The topological polar surface area (TPSA) is 149 Å². The number of hydrogen-bond acceptors (Lipinski definition) is 4. The van der Waals surface area contributed by atoms with Crippen LogP contribution in [0.1, 0.15) is 33.4 Å². The van der Waals surface area contributed by atoms with Gasteiger partial charge in [-0.1, -0.05) is 84.9 Å². The second-order valence-corrected chi connectivity index (χ2v) is 11.2. The van der Waals surface area contributed by atoms with Crippen molar-refractivity contribution in [2.24, 2.45) is 11.8 Å². The van der Waals surface area contributed by atoms with Crippen molar-refractivity contribution in [3.8, 4) is 22.3 Å². The predicted molar refractivity (Wildman–Crippen MR) is 150 cm³/mol. The van der Waals surface area contributed by atoms with Crippen LogP contribution in [0.2, 0.25) is 0 Å². The van der Waals surface area contributed by atoms with E-state index in [0.29, 0.717) is 22.3 Å². The van der Waals surface area contributed by atoms with Gasteiger partial charge in [0.05, 0.1) is 11.8 Å². The van der Waals surface area contributed by atoms with Crippen LogP contribution in [-0.2, 0) is 42.8 Å². The Balaban J connectivity index is 1.60.